The third-order valence-electron chi connectivity index (χ3n) is 3.53. The van der Waals surface area contributed by atoms with E-state index in [1.54, 1.807) is 12.1 Å². The number of benzene rings is 1. The van der Waals surface area contributed by atoms with Crippen LogP contribution in [0.3, 0.4) is 0 Å². The van der Waals surface area contributed by atoms with E-state index < -0.39 is 0 Å². The van der Waals surface area contributed by atoms with Gasteiger partial charge in [0.1, 0.15) is 0 Å². The summed E-state index contributed by atoms with van der Waals surface area (Å²) in [6.07, 6.45) is 2.26. The summed E-state index contributed by atoms with van der Waals surface area (Å²) in [5.41, 5.74) is 6.85. The molecular formula is C14H19BrN2O2. The molecule has 1 saturated heterocycles. The minimum Gasteiger partial charge on any atom is -0.398 e. The fourth-order valence-electron chi connectivity index (χ4n) is 2.44. The van der Waals surface area contributed by atoms with Crippen LogP contribution in [0.5, 0.6) is 0 Å². The van der Waals surface area contributed by atoms with E-state index in [1.807, 2.05) is 6.07 Å². The maximum Gasteiger partial charge on any atom is 0.253 e. The highest BCUT2D eigenvalue weighted by Crippen LogP contribution is 2.23. The van der Waals surface area contributed by atoms with E-state index in [4.69, 9.17) is 10.5 Å². The molecule has 0 saturated carbocycles. The summed E-state index contributed by atoms with van der Waals surface area (Å²) in [7, 11) is 0. The van der Waals surface area contributed by atoms with Gasteiger partial charge < -0.3 is 15.8 Å². The van der Waals surface area contributed by atoms with Crippen LogP contribution in [0.1, 0.15) is 30.1 Å². The van der Waals surface area contributed by atoms with Crippen LogP contribution >= 0.6 is 15.9 Å². The third-order valence-corrected chi connectivity index (χ3v) is 4.03. The number of carbonyl (C=O) groups excluding carboxylic acids is 1. The van der Waals surface area contributed by atoms with Crippen molar-refractivity contribution in [1.82, 2.24) is 5.32 Å². The molecule has 1 aliphatic rings. The number of nitrogens with one attached hydrogen (secondary N) is 1. The number of ether oxygens (including phenoxy) is 1. The highest BCUT2D eigenvalue weighted by Gasteiger charge is 2.27. The predicted octanol–water partition coefficient (Wildman–Crippen LogP) is 2.58. The summed E-state index contributed by atoms with van der Waals surface area (Å²) in [6, 6.07) is 5.29. The summed E-state index contributed by atoms with van der Waals surface area (Å²) >= 11 is 3.33. The molecule has 1 heterocycles. The molecule has 1 aromatic carbocycles. The van der Waals surface area contributed by atoms with Gasteiger partial charge in [0.25, 0.3) is 5.91 Å². The Hall–Kier alpha value is -1.07. The lowest BCUT2D eigenvalue weighted by Gasteiger charge is -2.17. The highest BCUT2D eigenvalue weighted by atomic mass is 79.9. The van der Waals surface area contributed by atoms with Gasteiger partial charge in [-0.05, 0) is 31.0 Å². The van der Waals surface area contributed by atoms with Crippen molar-refractivity contribution in [3.05, 3.63) is 28.2 Å². The molecule has 5 heteroatoms. The maximum absolute atomic E-state index is 12.1. The van der Waals surface area contributed by atoms with Gasteiger partial charge in [-0.3, -0.25) is 4.79 Å². The topological polar surface area (TPSA) is 64.3 Å². The summed E-state index contributed by atoms with van der Waals surface area (Å²) < 4.78 is 6.48. The number of anilines is 1. The van der Waals surface area contributed by atoms with Crippen molar-refractivity contribution in [2.75, 3.05) is 18.9 Å². The second-order valence-electron chi connectivity index (χ2n) is 4.81. The molecule has 3 N–H and O–H groups in total. The number of halogens is 1. The van der Waals surface area contributed by atoms with Crippen molar-refractivity contribution in [1.29, 1.82) is 0 Å². The first-order chi connectivity index (χ1) is 9.11. The van der Waals surface area contributed by atoms with Gasteiger partial charge in [-0.1, -0.05) is 22.9 Å². The Balaban J connectivity index is 1.94. The van der Waals surface area contributed by atoms with E-state index >= 15 is 0 Å². The Morgan fingerprint density at radius 1 is 1.58 bits per heavy atom. The van der Waals surface area contributed by atoms with Crippen LogP contribution < -0.4 is 11.1 Å². The van der Waals surface area contributed by atoms with E-state index in [9.17, 15) is 4.79 Å². The summed E-state index contributed by atoms with van der Waals surface area (Å²) in [5.74, 6) is 0.289. The van der Waals surface area contributed by atoms with Gasteiger partial charge in [0.15, 0.2) is 0 Å². The third kappa shape index (κ3) is 3.48. The zero-order valence-corrected chi connectivity index (χ0v) is 12.6. The molecule has 19 heavy (non-hydrogen) atoms. The Bertz CT molecular complexity index is 465. The molecule has 4 nitrogen and oxygen atoms in total. The molecule has 104 valence electrons. The molecule has 0 aromatic heterocycles. The van der Waals surface area contributed by atoms with E-state index in [2.05, 4.69) is 28.2 Å². The van der Waals surface area contributed by atoms with E-state index in [0.717, 1.165) is 23.9 Å². The monoisotopic (exact) mass is 326 g/mol. The molecule has 0 aliphatic carbocycles. The van der Waals surface area contributed by atoms with Crippen molar-refractivity contribution >= 4 is 27.5 Å². The highest BCUT2D eigenvalue weighted by molar-refractivity contribution is 9.10. The fourth-order valence-corrected chi connectivity index (χ4v) is 2.82. The minimum absolute atomic E-state index is 0.119. The zero-order chi connectivity index (χ0) is 13.8. The summed E-state index contributed by atoms with van der Waals surface area (Å²) in [6.45, 7) is 3.55. The number of hydrogen-bond donors (Lipinski definition) is 2. The Kier molecular flexibility index (Phi) is 4.82. The van der Waals surface area contributed by atoms with Crippen LogP contribution in [-0.2, 0) is 4.74 Å². The van der Waals surface area contributed by atoms with Crippen LogP contribution in [0.25, 0.3) is 0 Å². The molecule has 1 amide bonds. The predicted molar refractivity (Wildman–Crippen MR) is 79.0 cm³/mol. The molecule has 0 bridgehead atoms. The van der Waals surface area contributed by atoms with E-state index in [-0.39, 0.29) is 12.0 Å². The Morgan fingerprint density at radius 2 is 2.37 bits per heavy atom. The van der Waals surface area contributed by atoms with Crippen molar-refractivity contribution in [2.45, 2.75) is 25.9 Å². The number of hydrogen-bond acceptors (Lipinski definition) is 3. The van der Waals surface area contributed by atoms with Crippen molar-refractivity contribution in [3.63, 3.8) is 0 Å². The largest absolute Gasteiger partial charge is 0.398 e. The number of amides is 1. The average molecular weight is 327 g/mol. The Labute approximate surface area is 121 Å². The molecule has 2 unspecified atom stereocenters. The van der Waals surface area contributed by atoms with Gasteiger partial charge >= 0.3 is 0 Å². The fraction of sp³-hybridized carbons (Fsp3) is 0.500. The molecule has 1 aromatic rings. The number of carbonyl (C=O) groups is 1. The van der Waals surface area contributed by atoms with Crippen molar-refractivity contribution in [3.8, 4) is 0 Å². The number of rotatable bonds is 4. The van der Waals surface area contributed by atoms with Gasteiger partial charge in [0.2, 0.25) is 0 Å². The smallest absolute Gasteiger partial charge is 0.253 e. The molecular weight excluding hydrogens is 308 g/mol. The lowest BCUT2D eigenvalue weighted by molar-refractivity contribution is 0.0827. The van der Waals surface area contributed by atoms with Crippen LogP contribution in [0, 0.1) is 5.92 Å². The van der Waals surface area contributed by atoms with E-state index in [1.165, 1.54) is 0 Å². The van der Waals surface area contributed by atoms with Gasteiger partial charge in [-0.2, -0.15) is 0 Å². The van der Waals surface area contributed by atoms with Gasteiger partial charge in [0, 0.05) is 29.2 Å². The minimum atomic E-state index is -0.119. The summed E-state index contributed by atoms with van der Waals surface area (Å²) in [5, 5.41) is 2.95. The normalized spacial score (nSPS) is 22.4. The molecule has 2 rings (SSSR count). The second kappa shape index (κ2) is 6.39. The number of nitrogen functional groups attached to an aromatic ring is 1. The molecule has 2 atom stereocenters. The van der Waals surface area contributed by atoms with Crippen LogP contribution in [0.4, 0.5) is 5.69 Å². The molecule has 1 aliphatic heterocycles. The molecule has 1 fully saturated rings. The first-order valence-electron chi connectivity index (χ1n) is 6.56. The van der Waals surface area contributed by atoms with Crippen LogP contribution in [0.2, 0.25) is 0 Å². The summed E-state index contributed by atoms with van der Waals surface area (Å²) in [4.78, 5) is 12.1. The lowest BCUT2D eigenvalue weighted by Crippen LogP contribution is -2.33. The SMILES string of the molecule is CCC1OCCC1CNC(=O)c1ccc(Br)cc1N. The molecule has 0 spiro atoms. The first kappa shape index (κ1) is 14.3. The quantitative estimate of drug-likeness (QED) is 0.836. The van der Waals surface area contributed by atoms with Crippen molar-refractivity contribution < 1.29 is 9.53 Å². The van der Waals surface area contributed by atoms with Gasteiger partial charge in [0.05, 0.1) is 11.7 Å². The number of nitrogens with two attached hydrogens (primary N) is 1. The average Bonchev–Trinajstić information content (AvgIpc) is 2.83. The lowest BCUT2D eigenvalue weighted by atomic mass is 9.99. The maximum atomic E-state index is 12.1. The van der Waals surface area contributed by atoms with E-state index in [0.29, 0.717) is 23.7 Å². The first-order valence-corrected chi connectivity index (χ1v) is 7.36. The van der Waals surface area contributed by atoms with Gasteiger partial charge in [-0.15, -0.1) is 0 Å². The van der Waals surface area contributed by atoms with Crippen LogP contribution in [-0.4, -0.2) is 25.2 Å². The van der Waals surface area contributed by atoms with Crippen LogP contribution in [0.15, 0.2) is 22.7 Å². The molecule has 0 radical (unpaired) electrons. The second-order valence-corrected chi connectivity index (χ2v) is 5.72. The van der Waals surface area contributed by atoms with Crippen molar-refractivity contribution in [2.24, 2.45) is 5.92 Å². The standard InChI is InChI=1S/C14H19BrN2O2/c1-2-13-9(5-6-19-13)8-17-14(18)11-4-3-10(15)7-12(11)16/h3-4,7,9,13H,2,5-6,8,16H2,1H3,(H,17,18). The zero-order valence-electron chi connectivity index (χ0n) is 11.0. The Morgan fingerprint density at radius 3 is 3.05 bits per heavy atom. The van der Waals surface area contributed by atoms with Gasteiger partial charge in [-0.25, -0.2) is 0 Å².